The smallest absolute Gasteiger partial charge is 0.291 e. The van der Waals surface area contributed by atoms with Crippen LogP contribution in [0.2, 0.25) is 0 Å². The summed E-state index contributed by atoms with van der Waals surface area (Å²) in [6.45, 7) is -1.88. The summed E-state index contributed by atoms with van der Waals surface area (Å²) in [5, 5.41) is 9.47. The molecule has 2 aliphatic rings. The van der Waals surface area contributed by atoms with Gasteiger partial charge in [-0.1, -0.05) is 5.57 Å². The largest absolute Gasteiger partial charge is 0.416 e. The number of hydrogen-bond donors (Lipinski definition) is 1. The maximum Gasteiger partial charge on any atom is 0.416 e. The van der Waals surface area contributed by atoms with E-state index in [9.17, 15) is 43.9 Å². The van der Waals surface area contributed by atoms with Gasteiger partial charge >= 0.3 is 12.4 Å². The molecule has 0 bridgehead atoms. The van der Waals surface area contributed by atoms with Crippen molar-refractivity contribution in [3.05, 3.63) is 95.0 Å². The van der Waals surface area contributed by atoms with Crippen LogP contribution in [0.15, 0.2) is 71.7 Å². The third-order valence-electron chi connectivity index (χ3n) is 8.27. The molecule has 1 saturated carbocycles. The molecule has 4 aromatic rings. The third kappa shape index (κ3) is 5.72. The number of carbonyl (C=O) groups excluding carboxylic acids is 1. The van der Waals surface area contributed by atoms with Crippen molar-refractivity contribution >= 4 is 21.9 Å². The fourth-order valence-corrected chi connectivity index (χ4v) is 7.74. The van der Waals surface area contributed by atoms with E-state index in [-0.39, 0.29) is 23.6 Å². The molecule has 46 heavy (non-hydrogen) atoms. The van der Waals surface area contributed by atoms with Crippen LogP contribution >= 0.6 is 0 Å². The number of rotatable bonds is 7. The second kappa shape index (κ2) is 11.2. The molecule has 242 valence electrons. The minimum atomic E-state index is -4.97. The SMILES string of the molecule is O=C(c1cc(C(F)(F)F)ccn1)[C@]12Cc3cnn(-c4ccc(F)cc4)c3C=C1CC[C@H](N(CC(F)(F)F)S(=O)(=O)c1ccn[nH]1)C2. The van der Waals surface area contributed by atoms with Gasteiger partial charge in [0.2, 0.25) is 0 Å². The molecule has 1 N–H and O–H groups in total. The van der Waals surface area contributed by atoms with Crippen LogP contribution in [0, 0.1) is 11.2 Å². The Bertz CT molecular complexity index is 1920. The lowest BCUT2D eigenvalue weighted by Crippen LogP contribution is -2.52. The van der Waals surface area contributed by atoms with Crippen molar-refractivity contribution in [2.75, 3.05) is 6.54 Å². The number of Topliss-reactive ketones (excluding diaryl/α,β-unsaturated/α-hetero) is 1. The number of aromatic nitrogens is 5. The molecule has 2 aliphatic carbocycles. The average molecular weight is 669 g/mol. The number of allylic oxidation sites excluding steroid dienone is 1. The van der Waals surface area contributed by atoms with Crippen LogP contribution in [0.25, 0.3) is 11.8 Å². The summed E-state index contributed by atoms with van der Waals surface area (Å²) in [6, 6.07) is 6.22. The first kappa shape index (κ1) is 31.6. The third-order valence-corrected chi connectivity index (χ3v) is 10.1. The van der Waals surface area contributed by atoms with Crippen molar-refractivity contribution in [1.82, 2.24) is 29.3 Å². The Morgan fingerprint density at radius 3 is 2.46 bits per heavy atom. The molecule has 1 fully saturated rings. The molecule has 17 heteroatoms. The number of halogens is 7. The normalized spacial score (nSPS) is 20.3. The second-order valence-corrected chi connectivity index (χ2v) is 13.0. The number of fused-ring (bicyclic) bond motifs is 2. The molecule has 6 rings (SSSR count). The summed E-state index contributed by atoms with van der Waals surface area (Å²) in [5.74, 6) is -1.39. The minimum Gasteiger partial charge on any atom is -0.291 e. The van der Waals surface area contributed by atoms with Crippen LogP contribution in [-0.4, -0.2) is 62.2 Å². The number of pyridine rings is 1. The Kier molecular flexibility index (Phi) is 7.66. The summed E-state index contributed by atoms with van der Waals surface area (Å²) in [4.78, 5) is 18.2. The van der Waals surface area contributed by atoms with Gasteiger partial charge in [-0.25, -0.2) is 17.5 Å². The Morgan fingerprint density at radius 1 is 1.07 bits per heavy atom. The number of carbonyl (C=O) groups is 1. The quantitative estimate of drug-likeness (QED) is 0.198. The number of alkyl halides is 6. The minimum absolute atomic E-state index is 0.0732. The van der Waals surface area contributed by atoms with E-state index in [2.05, 4.69) is 20.3 Å². The lowest BCUT2D eigenvalue weighted by atomic mass is 9.60. The van der Waals surface area contributed by atoms with E-state index in [4.69, 9.17) is 0 Å². The number of ketones is 1. The lowest BCUT2D eigenvalue weighted by molar-refractivity contribution is -0.140. The van der Waals surface area contributed by atoms with Gasteiger partial charge in [-0.15, -0.1) is 0 Å². The highest BCUT2D eigenvalue weighted by molar-refractivity contribution is 7.89. The van der Waals surface area contributed by atoms with Crippen LogP contribution in [0.1, 0.15) is 46.6 Å². The molecule has 0 radical (unpaired) electrons. The first-order chi connectivity index (χ1) is 21.6. The standard InChI is InChI=1S/C29H23F7N6O3S/c30-20-2-5-21(6-3-20)42-24-12-18-1-4-22(41(16-28(31,32)33)46(44,45)25-8-10-38-40-25)14-27(18,13-17(24)15-39-42)26(43)23-11-19(7-9-37-23)29(34,35)36/h2-3,5-12,15,22H,1,4,13-14,16H2,(H,38,40)/t22-,27-/m0/s1. The van der Waals surface area contributed by atoms with Crippen molar-refractivity contribution < 1.29 is 43.9 Å². The second-order valence-electron chi connectivity index (χ2n) is 11.1. The van der Waals surface area contributed by atoms with Gasteiger partial charge in [0.15, 0.2) is 10.8 Å². The highest BCUT2D eigenvalue weighted by atomic mass is 32.2. The van der Waals surface area contributed by atoms with E-state index in [0.29, 0.717) is 34.7 Å². The fourth-order valence-electron chi connectivity index (χ4n) is 6.19. The van der Waals surface area contributed by atoms with Crippen molar-refractivity contribution in [1.29, 1.82) is 0 Å². The molecule has 2 atom stereocenters. The molecular weight excluding hydrogens is 645 g/mol. The highest BCUT2D eigenvalue weighted by Gasteiger charge is 2.53. The molecule has 9 nitrogen and oxygen atoms in total. The molecule has 0 saturated heterocycles. The van der Waals surface area contributed by atoms with Gasteiger partial charge in [0.1, 0.15) is 18.1 Å². The summed E-state index contributed by atoms with van der Waals surface area (Å²) in [7, 11) is -4.81. The van der Waals surface area contributed by atoms with Crippen LogP contribution in [0.3, 0.4) is 0 Å². The zero-order valence-electron chi connectivity index (χ0n) is 23.5. The molecular formula is C29H23F7N6O3S. The molecule has 0 aliphatic heterocycles. The van der Waals surface area contributed by atoms with Crippen LogP contribution < -0.4 is 0 Å². The van der Waals surface area contributed by atoms with Gasteiger partial charge < -0.3 is 0 Å². The first-order valence-corrected chi connectivity index (χ1v) is 15.2. The Labute approximate surface area is 256 Å². The molecule has 3 heterocycles. The van der Waals surface area contributed by atoms with Gasteiger partial charge in [0, 0.05) is 12.2 Å². The van der Waals surface area contributed by atoms with Crippen molar-refractivity contribution in [2.45, 2.75) is 49.1 Å². The molecule has 1 aromatic carbocycles. The van der Waals surface area contributed by atoms with Crippen LogP contribution in [0.4, 0.5) is 30.7 Å². The highest BCUT2D eigenvalue weighted by Crippen LogP contribution is 2.52. The monoisotopic (exact) mass is 668 g/mol. The van der Waals surface area contributed by atoms with E-state index in [1.165, 1.54) is 35.1 Å². The summed E-state index contributed by atoms with van der Waals surface area (Å²) >= 11 is 0. The van der Waals surface area contributed by atoms with Crippen LogP contribution in [-0.2, 0) is 22.6 Å². The maximum absolute atomic E-state index is 14.3. The molecule has 0 amide bonds. The predicted octanol–water partition coefficient (Wildman–Crippen LogP) is 5.76. The zero-order valence-corrected chi connectivity index (χ0v) is 24.3. The summed E-state index contributed by atoms with van der Waals surface area (Å²) in [6.07, 6.45) is -5.83. The van der Waals surface area contributed by atoms with Crippen LogP contribution in [0.5, 0.6) is 0 Å². The van der Waals surface area contributed by atoms with Crippen molar-refractivity contribution in [2.24, 2.45) is 5.41 Å². The summed E-state index contributed by atoms with van der Waals surface area (Å²) < 4.78 is 125. The predicted molar refractivity (Wildman–Crippen MR) is 147 cm³/mol. The van der Waals surface area contributed by atoms with E-state index in [0.717, 1.165) is 18.5 Å². The van der Waals surface area contributed by atoms with Gasteiger partial charge in [-0.05, 0) is 79.8 Å². The lowest BCUT2D eigenvalue weighted by Gasteiger charge is -2.46. The Balaban J connectivity index is 1.48. The molecule has 3 aromatic heterocycles. The topological polar surface area (TPSA) is 114 Å². The van der Waals surface area contributed by atoms with Gasteiger partial charge in [-0.3, -0.25) is 14.9 Å². The number of aromatic amines is 1. The first-order valence-electron chi connectivity index (χ1n) is 13.8. The van der Waals surface area contributed by atoms with Gasteiger partial charge in [-0.2, -0.15) is 40.8 Å². The Hall–Kier alpha value is -4.38. The van der Waals surface area contributed by atoms with Crippen molar-refractivity contribution in [3.8, 4) is 5.69 Å². The van der Waals surface area contributed by atoms with E-state index in [1.54, 1.807) is 6.08 Å². The maximum atomic E-state index is 14.3. The zero-order chi connectivity index (χ0) is 33.1. The van der Waals surface area contributed by atoms with Gasteiger partial charge in [0.05, 0.1) is 34.8 Å². The average Bonchev–Trinajstić information content (AvgIpc) is 3.69. The summed E-state index contributed by atoms with van der Waals surface area (Å²) in [5.41, 5.74) is -1.75. The fraction of sp³-hybridized carbons (Fsp3) is 0.310. The van der Waals surface area contributed by atoms with E-state index in [1.807, 2.05) is 0 Å². The number of H-pyrrole nitrogens is 1. The Morgan fingerprint density at radius 2 is 1.80 bits per heavy atom. The van der Waals surface area contributed by atoms with E-state index < -0.39 is 74.7 Å². The molecule has 0 unspecified atom stereocenters. The number of hydrogen-bond acceptors (Lipinski definition) is 6. The van der Waals surface area contributed by atoms with E-state index >= 15 is 0 Å². The number of benzene rings is 1. The van der Waals surface area contributed by atoms with Crippen molar-refractivity contribution in [3.63, 3.8) is 0 Å². The molecule has 0 spiro atoms. The number of nitrogens with zero attached hydrogens (tertiary/aromatic N) is 5. The van der Waals surface area contributed by atoms with Gasteiger partial charge in [0.25, 0.3) is 10.0 Å². The number of sulfonamides is 1. The number of nitrogens with one attached hydrogen (secondary N) is 1.